The van der Waals surface area contributed by atoms with E-state index in [2.05, 4.69) is 11.8 Å². The Kier molecular flexibility index (Phi) is 4.00. The molecule has 1 heterocycles. The minimum atomic E-state index is 0.0723. The van der Waals surface area contributed by atoms with Crippen LogP contribution in [0.2, 0.25) is 5.02 Å². The SMILES string of the molecule is CC1CSCCN1c1cc(Cl)ccc1CO. The van der Waals surface area contributed by atoms with Gasteiger partial charge in [-0.25, -0.2) is 0 Å². The molecule has 1 aliphatic rings. The zero-order chi connectivity index (χ0) is 11.5. The summed E-state index contributed by atoms with van der Waals surface area (Å²) in [5, 5.41) is 10.1. The van der Waals surface area contributed by atoms with Gasteiger partial charge in [-0.05, 0) is 19.1 Å². The topological polar surface area (TPSA) is 23.5 Å². The molecule has 0 radical (unpaired) electrons. The molecule has 1 aromatic rings. The van der Waals surface area contributed by atoms with Crippen LogP contribution in [0.15, 0.2) is 18.2 Å². The molecule has 1 fully saturated rings. The number of aliphatic hydroxyl groups is 1. The second-order valence-electron chi connectivity index (χ2n) is 4.05. The van der Waals surface area contributed by atoms with Gasteiger partial charge in [0.1, 0.15) is 0 Å². The smallest absolute Gasteiger partial charge is 0.0702 e. The van der Waals surface area contributed by atoms with Crippen LogP contribution < -0.4 is 4.90 Å². The van der Waals surface area contributed by atoms with Crippen molar-refractivity contribution in [1.82, 2.24) is 0 Å². The molecule has 0 aliphatic carbocycles. The number of nitrogens with zero attached hydrogens (tertiary/aromatic N) is 1. The Morgan fingerprint density at radius 1 is 1.56 bits per heavy atom. The highest BCUT2D eigenvalue weighted by Crippen LogP contribution is 2.29. The number of benzene rings is 1. The average Bonchev–Trinajstić information content (AvgIpc) is 2.29. The van der Waals surface area contributed by atoms with Gasteiger partial charge in [0.15, 0.2) is 0 Å². The Labute approximate surface area is 106 Å². The molecule has 1 aromatic carbocycles. The molecule has 16 heavy (non-hydrogen) atoms. The monoisotopic (exact) mass is 257 g/mol. The van der Waals surface area contributed by atoms with Gasteiger partial charge in [-0.3, -0.25) is 0 Å². The van der Waals surface area contributed by atoms with Crippen molar-refractivity contribution in [3.63, 3.8) is 0 Å². The Morgan fingerprint density at radius 2 is 2.38 bits per heavy atom. The van der Waals surface area contributed by atoms with Crippen LogP contribution >= 0.6 is 23.4 Å². The van der Waals surface area contributed by atoms with E-state index in [9.17, 15) is 5.11 Å². The summed E-state index contributed by atoms with van der Waals surface area (Å²) in [6, 6.07) is 6.20. The lowest BCUT2D eigenvalue weighted by molar-refractivity contribution is 0.282. The third-order valence-corrected chi connectivity index (χ3v) is 4.32. The van der Waals surface area contributed by atoms with Crippen molar-refractivity contribution in [3.8, 4) is 0 Å². The highest BCUT2D eigenvalue weighted by Gasteiger charge is 2.21. The van der Waals surface area contributed by atoms with Crippen LogP contribution in [0.3, 0.4) is 0 Å². The quantitative estimate of drug-likeness (QED) is 0.881. The van der Waals surface area contributed by atoms with Crippen LogP contribution in [0.25, 0.3) is 0 Å². The maximum atomic E-state index is 9.35. The van der Waals surface area contributed by atoms with E-state index < -0.39 is 0 Å². The maximum absolute atomic E-state index is 9.35. The summed E-state index contributed by atoms with van der Waals surface area (Å²) in [6.45, 7) is 3.32. The molecule has 1 aliphatic heterocycles. The minimum absolute atomic E-state index is 0.0723. The Balaban J connectivity index is 2.33. The molecule has 2 nitrogen and oxygen atoms in total. The third-order valence-electron chi connectivity index (χ3n) is 2.89. The summed E-state index contributed by atoms with van der Waals surface area (Å²) in [6.07, 6.45) is 0. The summed E-state index contributed by atoms with van der Waals surface area (Å²) < 4.78 is 0. The van der Waals surface area contributed by atoms with Crippen molar-refractivity contribution in [3.05, 3.63) is 28.8 Å². The number of anilines is 1. The molecule has 4 heteroatoms. The lowest BCUT2D eigenvalue weighted by Gasteiger charge is -2.36. The first-order chi connectivity index (χ1) is 7.72. The fourth-order valence-corrected chi connectivity index (χ4v) is 3.20. The molecule has 88 valence electrons. The zero-order valence-corrected chi connectivity index (χ0v) is 10.9. The van der Waals surface area contributed by atoms with Gasteiger partial charge in [0, 0.05) is 40.4 Å². The van der Waals surface area contributed by atoms with E-state index in [4.69, 9.17) is 11.6 Å². The van der Waals surface area contributed by atoms with Gasteiger partial charge in [-0.15, -0.1) is 0 Å². The summed E-state index contributed by atoms with van der Waals surface area (Å²) in [7, 11) is 0. The molecule has 1 unspecified atom stereocenters. The lowest BCUT2D eigenvalue weighted by Crippen LogP contribution is -2.40. The number of hydrogen-bond donors (Lipinski definition) is 1. The van der Waals surface area contributed by atoms with E-state index in [0.717, 1.165) is 34.3 Å². The molecule has 0 amide bonds. The zero-order valence-electron chi connectivity index (χ0n) is 9.32. The van der Waals surface area contributed by atoms with Gasteiger partial charge in [-0.2, -0.15) is 11.8 Å². The normalized spacial score (nSPS) is 21.2. The van der Waals surface area contributed by atoms with Crippen molar-refractivity contribution in [2.24, 2.45) is 0 Å². The van der Waals surface area contributed by atoms with Crippen LogP contribution in [-0.2, 0) is 6.61 Å². The molecular formula is C12H16ClNOS. The van der Waals surface area contributed by atoms with Crippen LogP contribution in [-0.4, -0.2) is 29.2 Å². The van der Waals surface area contributed by atoms with Gasteiger partial charge in [-0.1, -0.05) is 17.7 Å². The number of halogens is 1. The number of hydrogen-bond acceptors (Lipinski definition) is 3. The Bertz CT molecular complexity index is 372. The molecular weight excluding hydrogens is 242 g/mol. The van der Waals surface area contributed by atoms with Crippen LogP contribution in [0.4, 0.5) is 5.69 Å². The third kappa shape index (κ3) is 2.47. The van der Waals surface area contributed by atoms with Crippen molar-refractivity contribution in [1.29, 1.82) is 0 Å². The van der Waals surface area contributed by atoms with Gasteiger partial charge in [0.05, 0.1) is 6.61 Å². The Morgan fingerprint density at radius 3 is 3.06 bits per heavy atom. The van der Waals surface area contributed by atoms with E-state index in [0.29, 0.717) is 6.04 Å². The molecule has 2 rings (SSSR count). The van der Waals surface area contributed by atoms with E-state index in [1.54, 1.807) is 0 Å². The van der Waals surface area contributed by atoms with Crippen LogP contribution in [0.1, 0.15) is 12.5 Å². The molecule has 1 atom stereocenters. The number of aliphatic hydroxyl groups excluding tert-OH is 1. The maximum Gasteiger partial charge on any atom is 0.0702 e. The first-order valence-electron chi connectivity index (χ1n) is 5.46. The number of rotatable bonds is 2. The molecule has 0 spiro atoms. The van der Waals surface area contributed by atoms with Crippen molar-refractivity contribution < 1.29 is 5.11 Å². The van der Waals surface area contributed by atoms with Gasteiger partial charge < -0.3 is 10.0 Å². The fraction of sp³-hybridized carbons (Fsp3) is 0.500. The first-order valence-corrected chi connectivity index (χ1v) is 6.99. The highest BCUT2D eigenvalue weighted by atomic mass is 35.5. The van der Waals surface area contributed by atoms with Gasteiger partial charge >= 0.3 is 0 Å². The van der Waals surface area contributed by atoms with E-state index in [1.165, 1.54) is 0 Å². The van der Waals surface area contributed by atoms with Crippen molar-refractivity contribution in [2.75, 3.05) is 23.0 Å². The minimum Gasteiger partial charge on any atom is -0.392 e. The van der Waals surface area contributed by atoms with Crippen molar-refractivity contribution in [2.45, 2.75) is 19.6 Å². The largest absolute Gasteiger partial charge is 0.392 e. The summed E-state index contributed by atoms with van der Waals surface area (Å²) >= 11 is 8.01. The summed E-state index contributed by atoms with van der Waals surface area (Å²) in [5.74, 6) is 2.28. The van der Waals surface area contributed by atoms with Crippen molar-refractivity contribution >= 4 is 29.1 Å². The second kappa shape index (κ2) is 5.30. The summed E-state index contributed by atoms with van der Waals surface area (Å²) in [5.41, 5.74) is 2.05. The highest BCUT2D eigenvalue weighted by molar-refractivity contribution is 7.99. The van der Waals surface area contributed by atoms with Gasteiger partial charge in [0.2, 0.25) is 0 Å². The summed E-state index contributed by atoms with van der Waals surface area (Å²) in [4.78, 5) is 2.34. The van der Waals surface area contributed by atoms with Gasteiger partial charge in [0.25, 0.3) is 0 Å². The standard InChI is InChI=1S/C12H16ClNOS/c1-9-8-16-5-4-14(9)12-6-11(13)3-2-10(12)7-15/h2-3,6,9,15H,4-5,7-8H2,1H3. The van der Waals surface area contributed by atoms with E-state index in [1.807, 2.05) is 30.0 Å². The number of thioether (sulfide) groups is 1. The Hall–Kier alpha value is -0.380. The van der Waals surface area contributed by atoms with Crippen LogP contribution in [0, 0.1) is 0 Å². The molecule has 1 saturated heterocycles. The van der Waals surface area contributed by atoms with E-state index >= 15 is 0 Å². The first kappa shape index (κ1) is 12.1. The predicted octanol–water partition coefficient (Wildman–Crippen LogP) is 2.77. The predicted molar refractivity (Wildman–Crippen MR) is 71.5 cm³/mol. The molecule has 1 N–H and O–H groups in total. The molecule has 0 saturated carbocycles. The molecule has 0 aromatic heterocycles. The van der Waals surface area contributed by atoms with E-state index in [-0.39, 0.29) is 6.61 Å². The fourth-order valence-electron chi connectivity index (χ4n) is 2.02. The average molecular weight is 258 g/mol. The second-order valence-corrected chi connectivity index (χ2v) is 5.63. The molecule has 0 bridgehead atoms. The van der Waals surface area contributed by atoms with Crippen LogP contribution in [0.5, 0.6) is 0 Å². The lowest BCUT2D eigenvalue weighted by atomic mass is 10.1.